The zero-order valence-electron chi connectivity index (χ0n) is 29.5. The van der Waals surface area contributed by atoms with Gasteiger partial charge in [0, 0.05) is 39.3 Å². The summed E-state index contributed by atoms with van der Waals surface area (Å²) in [6, 6.07) is 24.6. The molecule has 0 aliphatic heterocycles. The molecule has 5 aliphatic rings. The van der Waals surface area contributed by atoms with Crippen molar-refractivity contribution in [3.05, 3.63) is 167 Å². The topological polar surface area (TPSA) is 43.3 Å². The normalized spacial score (nSPS) is 25.5. The third kappa shape index (κ3) is 5.05. The first-order chi connectivity index (χ1) is 24.3. The standard InChI is InChI=1S/C47H45N3/c1-29-18-20-32(21-19-29)46(48)49-43(26-33-25-38(33)31-12-6-5-7-13-31)35-23-22-34(24-30(35)2)50-44-17-11-9-15-37(44)40-27-42-39(28-45(40)50)36-14-8-10-16-41(36)47(42,3)4/h5-7,9-13,15-18,20-30,35,38H,8,14,19H2,1-4H3,(H2,48,49)/b43-26-. The smallest absolute Gasteiger partial charge is 0.130 e. The highest BCUT2D eigenvalue weighted by Gasteiger charge is 2.38. The second kappa shape index (κ2) is 11.7. The molecule has 0 bridgehead atoms. The lowest BCUT2D eigenvalue weighted by Crippen LogP contribution is -2.20. The van der Waals surface area contributed by atoms with E-state index in [-0.39, 0.29) is 17.3 Å². The van der Waals surface area contributed by atoms with Gasteiger partial charge >= 0.3 is 0 Å². The number of fused-ring (bicyclic) bond motifs is 5. The molecule has 0 spiro atoms. The van der Waals surface area contributed by atoms with E-state index in [9.17, 15) is 0 Å². The summed E-state index contributed by atoms with van der Waals surface area (Å²) in [6.07, 6.45) is 26.3. The Hall–Kier alpha value is -5.15. The third-order valence-electron chi connectivity index (χ3n) is 11.7. The lowest BCUT2D eigenvalue weighted by molar-refractivity contribution is 0.571. The molecular formula is C47H45N3. The maximum Gasteiger partial charge on any atom is 0.130 e. The molecule has 0 radical (unpaired) electrons. The molecule has 9 rings (SSSR count). The van der Waals surface area contributed by atoms with Crippen molar-refractivity contribution in [3.8, 4) is 0 Å². The molecule has 248 valence electrons. The summed E-state index contributed by atoms with van der Waals surface area (Å²) in [6.45, 7) is 9.34. The van der Waals surface area contributed by atoms with Crippen molar-refractivity contribution < 1.29 is 0 Å². The van der Waals surface area contributed by atoms with Crippen LogP contribution in [0.25, 0.3) is 33.1 Å². The van der Waals surface area contributed by atoms with E-state index in [4.69, 9.17) is 10.7 Å². The van der Waals surface area contributed by atoms with E-state index in [0.29, 0.717) is 17.7 Å². The second-order valence-electron chi connectivity index (χ2n) is 15.4. The summed E-state index contributed by atoms with van der Waals surface area (Å²) in [5, 5.41) is 2.63. The Bertz CT molecular complexity index is 2360. The van der Waals surface area contributed by atoms with Gasteiger partial charge < -0.3 is 10.3 Å². The average molecular weight is 652 g/mol. The quantitative estimate of drug-likeness (QED) is 0.164. The van der Waals surface area contributed by atoms with Gasteiger partial charge in [0.1, 0.15) is 5.84 Å². The fourth-order valence-electron chi connectivity index (χ4n) is 8.78. The summed E-state index contributed by atoms with van der Waals surface area (Å²) < 4.78 is 2.49. The van der Waals surface area contributed by atoms with Crippen LogP contribution in [-0.2, 0) is 5.41 Å². The number of para-hydroxylation sites is 1. The molecule has 3 nitrogen and oxygen atoms in total. The van der Waals surface area contributed by atoms with Gasteiger partial charge in [0.2, 0.25) is 0 Å². The first kappa shape index (κ1) is 30.9. The third-order valence-corrected chi connectivity index (χ3v) is 11.7. The van der Waals surface area contributed by atoms with E-state index < -0.39 is 0 Å². The number of nitrogens with zero attached hydrogens (tertiary/aromatic N) is 2. The molecular weight excluding hydrogens is 607 g/mol. The first-order valence-corrected chi connectivity index (χ1v) is 18.4. The van der Waals surface area contributed by atoms with Crippen molar-refractivity contribution >= 4 is 38.9 Å². The van der Waals surface area contributed by atoms with Gasteiger partial charge in [-0.2, -0.15) is 0 Å². The maximum absolute atomic E-state index is 6.75. The summed E-state index contributed by atoms with van der Waals surface area (Å²) in [7, 11) is 0. The molecule has 4 aromatic rings. The molecule has 0 fully saturated rings. The zero-order chi connectivity index (χ0) is 34.1. The number of benzene rings is 3. The predicted octanol–water partition coefficient (Wildman–Crippen LogP) is 11.3. The summed E-state index contributed by atoms with van der Waals surface area (Å²) in [5.74, 6) is 1.78. The minimum absolute atomic E-state index is 0.00799. The second-order valence-corrected chi connectivity index (χ2v) is 15.4. The monoisotopic (exact) mass is 651 g/mol. The first-order valence-electron chi connectivity index (χ1n) is 18.4. The molecule has 1 heterocycles. The molecule has 0 amide bonds. The van der Waals surface area contributed by atoms with E-state index in [1.54, 1.807) is 0 Å². The Labute approximate surface area is 296 Å². The SMILES string of the molecule is CC1C=CC(/C(N)=N/C(=C\C2=CC2c2ccccc2)C2C=CC(n3c4ccccc4c4cc5c(cc43)C3=C(C=CCC3)C5(C)C)=CC2C)=CC1. The van der Waals surface area contributed by atoms with Crippen molar-refractivity contribution in [2.45, 2.75) is 58.3 Å². The number of hydrogen-bond acceptors (Lipinski definition) is 1. The molecule has 4 atom stereocenters. The highest BCUT2D eigenvalue weighted by molar-refractivity contribution is 6.12. The number of rotatable bonds is 6. The molecule has 3 heteroatoms. The molecule has 0 saturated carbocycles. The number of amidine groups is 1. The van der Waals surface area contributed by atoms with Crippen LogP contribution in [0.2, 0.25) is 0 Å². The Morgan fingerprint density at radius 3 is 2.52 bits per heavy atom. The fourth-order valence-corrected chi connectivity index (χ4v) is 8.78. The lowest BCUT2D eigenvalue weighted by atomic mass is 9.80. The fraction of sp³-hybridized carbons (Fsp3) is 0.255. The van der Waals surface area contributed by atoms with Gasteiger partial charge in [0.15, 0.2) is 0 Å². The van der Waals surface area contributed by atoms with Crippen molar-refractivity contribution in [1.29, 1.82) is 0 Å². The van der Waals surface area contributed by atoms with Crippen molar-refractivity contribution in [2.24, 2.45) is 28.5 Å². The van der Waals surface area contributed by atoms with Crippen LogP contribution < -0.4 is 5.73 Å². The Balaban J connectivity index is 1.12. The van der Waals surface area contributed by atoms with Crippen LogP contribution in [-0.4, -0.2) is 10.4 Å². The molecule has 2 N–H and O–H groups in total. The average Bonchev–Trinajstić information content (AvgIpc) is 3.77. The Morgan fingerprint density at radius 2 is 1.72 bits per heavy atom. The molecule has 1 aromatic heterocycles. The van der Waals surface area contributed by atoms with Crippen LogP contribution in [0.3, 0.4) is 0 Å². The van der Waals surface area contributed by atoms with Gasteiger partial charge in [-0.05, 0) is 94.9 Å². The number of nitrogens with two attached hydrogens (primary N) is 1. The van der Waals surface area contributed by atoms with Crippen LogP contribution in [0.15, 0.2) is 155 Å². The lowest BCUT2D eigenvalue weighted by Gasteiger charge is -2.25. The van der Waals surface area contributed by atoms with Gasteiger partial charge in [-0.15, -0.1) is 0 Å². The molecule has 4 unspecified atom stereocenters. The van der Waals surface area contributed by atoms with Crippen molar-refractivity contribution in [1.82, 2.24) is 4.57 Å². The number of hydrogen-bond donors (Lipinski definition) is 1. The predicted molar refractivity (Wildman–Crippen MR) is 212 cm³/mol. The summed E-state index contributed by atoms with van der Waals surface area (Å²) >= 11 is 0. The minimum atomic E-state index is 0.00799. The van der Waals surface area contributed by atoms with E-state index in [1.165, 1.54) is 60.9 Å². The largest absolute Gasteiger partial charge is 0.383 e. The number of aliphatic imine (C=N–C) groups is 1. The highest BCUT2D eigenvalue weighted by atomic mass is 15.0. The van der Waals surface area contributed by atoms with Crippen LogP contribution in [0.1, 0.15) is 69.6 Å². The van der Waals surface area contributed by atoms with Crippen LogP contribution in [0.5, 0.6) is 0 Å². The molecule has 0 saturated heterocycles. The van der Waals surface area contributed by atoms with Crippen LogP contribution in [0.4, 0.5) is 0 Å². The molecule has 5 aliphatic carbocycles. The van der Waals surface area contributed by atoms with Crippen LogP contribution in [0, 0.1) is 17.8 Å². The van der Waals surface area contributed by atoms with E-state index >= 15 is 0 Å². The Morgan fingerprint density at radius 1 is 0.900 bits per heavy atom. The number of allylic oxidation sites excluding steroid dienone is 13. The minimum Gasteiger partial charge on any atom is -0.383 e. The highest BCUT2D eigenvalue weighted by Crippen LogP contribution is 2.52. The molecule has 3 aromatic carbocycles. The van der Waals surface area contributed by atoms with Gasteiger partial charge in [0.05, 0.1) is 16.7 Å². The van der Waals surface area contributed by atoms with Gasteiger partial charge in [-0.3, -0.25) is 0 Å². The van der Waals surface area contributed by atoms with Crippen molar-refractivity contribution in [3.63, 3.8) is 0 Å². The van der Waals surface area contributed by atoms with E-state index in [1.807, 2.05) is 0 Å². The zero-order valence-corrected chi connectivity index (χ0v) is 29.5. The summed E-state index contributed by atoms with van der Waals surface area (Å²) in [4.78, 5) is 5.18. The maximum atomic E-state index is 6.75. The van der Waals surface area contributed by atoms with Crippen molar-refractivity contribution in [2.75, 3.05) is 0 Å². The Kier molecular flexibility index (Phi) is 7.24. The summed E-state index contributed by atoms with van der Waals surface area (Å²) in [5.41, 5.74) is 21.1. The van der Waals surface area contributed by atoms with Crippen LogP contribution >= 0.6 is 0 Å². The van der Waals surface area contributed by atoms with E-state index in [0.717, 1.165) is 30.5 Å². The van der Waals surface area contributed by atoms with E-state index in [2.05, 4.69) is 160 Å². The van der Waals surface area contributed by atoms with Gasteiger partial charge in [0.25, 0.3) is 0 Å². The van der Waals surface area contributed by atoms with Gasteiger partial charge in [-0.1, -0.05) is 125 Å². The van der Waals surface area contributed by atoms with Gasteiger partial charge in [-0.25, -0.2) is 4.99 Å². The number of aromatic nitrogens is 1. The molecule has 50 heavy (non-hydrogen) atoms.